The molecule has 2 aliphatic heterocycles. The van der Waals surface area contributed by atoms with E-state index in [1.54, 1.807) is 0 Å². The maximum absolute atomic E-state index is 12.7. The fourth-order valence-corrected chi connectivity index (χ4v) is 3.57. The van der Waals surface area contributed by atoms with E-state index in [1.807, 2.05) is 36.9 Å². The van der Waals surface area contributed by atoms with E-state index in [0.717, 1.165) is 55.3 Å². The van der Waals surface area contributed by atoms with Gasteiger partial charge in [0.15, 0.2) is 5.69 Å². The Kier molecular flexibility index (Phi) is 4.50. The Morgan fingerprint density at radius 2 is 2.15 bits per heavy atom. The largest absolute Gasteiger partial charge is 0.490 e. The van der Waals surface area contributed by atoms with Gasteiger partial charge in [0.2, 0.25) is 0 Å². The van der Waals surface area contributed by atoms with E-state index in [9.17, 15) is 4.79 Å². The van der Waals surface area contributed by atoms with Crippen LogP contribution in [0.2, 0.25) is 0 Å². The van der Waals surface area contributed by atoms with Gasteiger partial charge in [-0.3, -0.25) is 4.79 Å². The second kappa shape index (κ2) is 6.95. The third-order valence-corrected chi connectivity index (χ3v) is 5.11. The van der Waals surface area contributed by atoms with Crippen molar-refractivity contribution in [2.24, 2.45) is 0 Å². The lowest BCUT2D eigenvalue weighted by atomic mass is 10.1. The minimum absolute atomic E-state index is 0.234. The quantitative estimate of drug-likeness (QED) is 0.869. The van der Waals surface area contributed by atoms with Crippen molar-refractivity contribution in [3.05, 3.63) is 29.6 Å². The molecular weight excluding hydrogens is 332 g/mol. The molecule has 2 aliphatic rings. The number of ether oxygens (including phenoxy) is 1. The van der Waals surface area contributed by atoms with Crippen molar-refractivity contribution >= 4 is 17.3 Å². The van der Waals surface area contributed by atoms with Gasteiger partial charge in [0.25, 0.3) is 5.91 Å². The second-order valence-corrected chi connectivity index (χ2v) is 6.86. The zero-order chi connectivity index (χ0) is 18.1. The van der Waals surface area contributed by atoms with Crippen LogP contribution < -0.4 is 20.3 Å². The molecule has 4 rings (SSSR count). The van der Waals surface area contributed by atoms with Gasteiger partial charge in [-0.05, 0) is 51.1 Å². The molecule has 1 aromatic carbocycles. The Morgan fingerprint density at radius 1 is 1.35 bits per heavy atom. The number of anilines is 2. The van der Waals surface area contributed by atoms with Crippen LogP contribution in [-0.4, -0.2) is 54.2 Å². The molecule has 0 radical (unpaired) electrons. The Morgan fingerprint density at radius 3 is 2.96 bits per heavy atom. The molecule has 8 nitrogen and oxygen atoms in total. The number of carbonyl (C=O) groups is 1. The summed E-state index contributed by atoms with van der Waals surface area (Å²) in [7, 11) is 2.02. The number of likely N-dealkylation sites (N-methyl/N-ethyl adjacent to an activating group) is 1. The number of carbonyl (C=O) groups excluding carboxylic acids is 1. The molecule has 0 aliphatic carbocycles. The lowest BCUT2D eigenvalue weighted by Crippen LogP contribution is -2.30. The van der Waals surface area contributed by atoms with Crippen LogP contribution in [0, 0.1) is 6.92 Å². The first-order valence-electron chi connectivity index (χ1n) is 9.05. The van der Waals surface area contributed by atoms with Gasteiger partial charge in [0.05, 0.1) is 24.0 Å². The van der Waals surface area contributed by atoms with Crippen molar-refractivity contribution in [3.8, 4) is 5.75 Å². The first-order chi connectivity index (χ1) is 12.6. The summed E-state index contributed by atoms with van der Waals surface area (Å²) in [6.45, 7) is 5.35. The average Bonchev–Trinajstić information content (AvgIpc) is 3.05. The third-order valence-electron chi connectivity index (χ3n) is 5.11. The van der Waals surface area contributed by atoms with Crippen LogP contribution in [0.5, 0.6) is 5.75 Å². The summed E-state index contributed by atoms with van der Waals surface area (Å²) in [4.78, 5) is 14.8. The third kappa shape index (κ3) is 3.12. The van der Waals surface area contributed by atoms with E-state index in [2.05, 4.69) is 25.8 Å². The van der Waals surface area contributed by atoms with E-state index in [4.69, 9.17) is 4.74 Å². The molecule has 0 spiro atoms. The molecule has 1 aromatic heterocycles. The monoisotopic (exact) mass is 356 g/mol. The molecule has 0 unspecified atom stereocenters. The molecule has 1 amide bonds. The molecule has 1 fully saturated rings. The number of hydrogen-bond acceptors (Lipinski definition) is 6. The highest BCUT2D eigenvalue weighted by atomic mass is 16.5. The molecule has 26 heavy (non-hydrogen) atoms. The van der Waals surface area contributed by atoms with Crippen LogP contribution in [0.3, 0.4) is 0 Å². The smallest absolute Gasteiger partial charge is 0.278 e. The van der Waals surface area contributed by atoms with E-state index >= 15 is 0 Å². The standard InChI is InChI=1S/C18H24N6O2/c1-12-17(21-22-24(12)14-5-7-19-8-6-14)18(25)20-13-3-4-16-15(11-13)23(2)9-10-26-16/h3-4,11,14,19H,5-10H2,1-2H3,(H,20,25). The van der Waals surface area contributed by atoms with Gasteiger partial charge in [0.1, 0.15) is 12.4 Å². The zero-order valence-corrected chi connectivity index (χ0v) is 15.2. The van der Waals surface area contributed by atoms with Gasteiger partial charge < -0.3 is 20.3 Å². The first kappa shape index (κ1) is 16.8. The van der Waals surface area contributed by atoms with Crippen LogP contribution in [0.4, 0.5) is 11.4 Å². The Bertz CT molecular complexity index is 812. The number of nitrogens with one attached hydrogen (secondary N) is 2. The minimum Gasteiger partial charge on any atom is -0.490 e. The fraction of sp³-hybridized carbons (Fsp3) is 0.500. The summed E-state index contributed by atoms with van der Waals surface area (Å²) < 4.78 is 7.54. The number of hydrogen-bond donors (Lipinski definition) is 2. The van der Waals surface area contributed by atoms with Gasteiger partial charge in [-0.2, -0.15) is 0 Å². The van der Waals surface area contributed by atoms with Gasteiger partial charge in [-0.25, -0.2) is 4.68 Å². The van der Waals surface area contributed by atoms with Crippen molar-refractivity contribution in [2.45, 2.75) is 25.8 Å². The Hall–Kier alpha value is -2.61. The van der Waals surface area contributed by atoms with Gasteiger partial charge in [-0.15, -0.1) is 5.10 Å². The number of nitrogens with zero attached hydrogens (tertiary/aromatic N) is 4. The zero-order valence-electron chi connectivity index (χ0n) is 15.2. The Labute approximate surface area is 152 Å². The summed E-state index contributed by atoms with van der Waals surface area (Å²) in [5.41, 5.74) is 2.89. The maximum atomic E-state index is 12.7. The maximum Gasteiger partial charge on any atom is 0.278 e. The van der Waals surface area contributed by atoms with E-state index in [1.165, 1.54) is 0 Å². The molecule has 0 bridgehead atoms. The van der Waals surface area contributed by atoms with Crippen LogP contribution in [0.25, 0.3) is 0 Å². The Balaban J connectivity index is 1.52. The average molecular weight is 356 g/mol. The number of rotatable bonds is 3. The van der Waals surface area contributed by atoms with Crippen molar-refractivity contribution < 1.29 is 9.53 Å². The first-order valence-corrected chi connectivity index (χ1v) is 9.05. The van der Waals surface area contributed by atoms with Gasteiger partial charge in [-0.1, -0.05) is 5.21 Å². The molecular formula is C18H24N6O2. The molecule has 2 aromatic rings. The number of aromatic nitrogens is 3. The lowest BCUT2D eigenvalue weighted by molar-refractivity contribution is 0.102. The minimum atomic E-state index is -0.234. The summed E-state index contributed by atoms with van der Waals surface area (Å²) in [5, 5.41) is 14.6. The summed E-state index contributed by atoms with van der Waals surface area (Å²) in [6, 6.07) is 5.97. The van der Waals surface area contributed by atoms with Crippen LogP contribution in [-0.2, 0) is 0 Å². The highest BCUT2D eigenvalue weighted by Crippen LogP contribution is 2.33. The predicted octanol–water partition coefficient (Wildman–Crippen LogP) is 1.59. The summed E-state index contributed by atoms with van der Waals surface area (Å²) in [5.74, 6) is 0.604. The van der Waals surface area contributed by atoms with Crippen LogP contribution in [0.15, 0.2) is 18.2 Å². The van der Waals surface area contributed by atoms with Crippen molar-refractivity contribution in [1.82, 2.24) is 20.3 Å². The normalized spacial score (nSPS) is 17.5. The summed E-state index contributed by atoms with van der Waals surface area (Å²) >= 11 is 0. The number of benzene rings is 1. The van der Waals surface area contributed by atoms with Crippen molar-refractivity contribution in [1.29, 1.82) is 0 Å². The molecule has 0 saturated carbocycles. The summed E-state index contributed by atoms with van der Waals surface area (Å²) in [6.07, 6.45) is 2.00. The number of piperidine rings is 1. The second-order valence-electron chi connectivity index (χ2n) is 6.86. The number of fused-ring (bicyclic) bond motifs is 1. The van der Waals surface area contributed by atoms with Crippen molar-refractivity contribution in [3.63, 3.8) is 0 Å². The van der Waals surface area contributed by atoms with E-state index in [-0.39, 0.29) is 5.91 Å². The molecule has 0 atom stereocenters. The van der Waals surface area contributed by atoms with Gasteiger partial charge >= 0.3 is 0 Å². The van der Waals surface area contributed by atoms with E-state index < -0.39 is 0 Å². The van der Waals surface area contributed by atoms with E-state index in [0.29, 0.717) is 18.3 Å². The highest BCUT2D eigenvalue weighted by molar-refractivity contribution is 6.03. The lowest BCUT2D eigenvalue weighted by Gasteiger charge is -2.28. The topological polar surface area (TPSA) is 84.3 Å². The molecule has 2 N–H and O–H groups in total. The van der Waals surface area contributed by atoms with Gasteiger partial charge in [0, 0.05) is 12.7 Å². The predicted molar refractivity (Wildman–Crippen MR) is 99.1 cm³/mol. The van der Waals surface area contributed by atoms with Crippen LogP contribution in [0.1, 0.15) is 35.1 Å². The SMILES string of the molecule is Cc1c(C(=O)Nc2ccc3c(c2)N(C)CCO3)nnn1C1CCNCC1. The van der Waals surface area contributed by atoms with Crippen molar-refractivity contribution in [2.75, 3.05) is 43.5 Å². The molecule has 8 heteroatoms. The van der Waals surface area contributed by atoms with Crippen LogP contribution >= 0.6 is 0 Å². The molecule has 1 saturated heterocycles. The molecule has 138 valence electrons. The molecule has 3 heterocycles. The fourth-order valence-electron chi connectivity index (χ4n) is 3.57. The highest BCUT2D eigenvalue weighted by Gasteiger charge is 2.23. The number of amides is 1.